The molecule has 3 rings (SSSR count). The zero-order chi connectivity index (χ0) is 16.6. The first-order valence-corrected chi connectivity index (χ1v) is 8.47. The van der Waals surface area contributed by atoms with Gasteiger partial charge in [-0.1, -0.05) is 30.3 Å². The molecule has 0 atom stereocenters. The fourth-order valence-electron chi connectivity index (χ4n) is 2.79. The molecule has 0 N–H and O–H groups in total. The van der Waals surface area contributed by atoms with Crippen LogP contribution in [-0.2, 0) is 11.3 Å². The first-order chi connectivity index (χ1) is 11.8. The minimum absolute atomic E-state index is 0.285. The number of hydrogen-bond donors (Lipinski definition) is 0. The van der Waals surface area contributed by atoms with Crippen molar-refractivity contribution >= 4 is 5.97 Å². The van der Waals surface area contributed by atoms with Gasteiger partial charge in [0, 0.05) is 6.54 Å². The molecule has 24 heavy (non-hydrogen) atoms. The quantitative estimate of drug-likeness (QED) is 0.730. The van der Waals surface area contributed by atoms with Gasteiger partial charge in [-0.15, -0.1) is 0 Å². The highest BCUT2D eigenvalue weighted by molar-refractivity contribution is 5.89. The number of rotatable bonds is 7. The summed E-state index contributed by atoms with van der Waals surface area (Å²) in [5.41, 5.74) is 1.52. The molecule has 1 fully saturated rings. The van der Waals surface area contributed by atoms with Crippen molar-refractivity contribution in [3.63, 3.8) is 0 Å². The molecular weight excluding hydrogens is 302 g/mol. The summed E-state index contributed by atoms with van der Waals surface area (Å²) in [5.74, 6) is 0.469. The Balaban J connectivity index is 1.43. The molecule has 1 heterocycles. The molecule has 0 aliphatic carbocycles. The summed E-state index contributed by atoms with van der Waals surface area (Å²) in [5, 5.41) is 0. The summed E-state index contributed by atoms with van der Waals surface area (Å²) in [6, 6.07) is 16.8. The number of nitrogens with zero attached hydrogens (tertiary/aromatic N) is 1. The monoisotopic (exact) mass is 325 g/mol. The highest BCUT2D eigenvalue weighted by Gasteiger charge is 2.11. The van der Waals surface area contributed by atoms with E-state index in [1.165, 1.54) is 25.9 Å². The number of hydrogen-bond acceptors (Lipinski definition) is 4. The van der Waals surface area contributed by atoms with Crippen LogP contribution in [0.5, 0.6) is 5.75 Å². The van der Waals surface area contributed by atoms with Crippen LogP contribution in [0.4, 0.5) is 0 Å². The molecule has 1 aliphatic rings. The molecule has 1 aliphatic heterocycles. The molecule has 4 nitrogen and oxygen atoms in total. The van der Waals surface area contributed by atoms with Gasteiger partial charge in [0.15, 0.2) is 0 Å². The Kier molecular flexibility index (Phi) is 5.85. The molecule has 4 heteroatoms. The molecule has 0 radical (unpaired) electrons. The maximum absolute atomic E-state index is 12.0. The molecule has 1 saturated heterocycles. The van der Waals surface area contributed by atoms with Gasteiger partial charge in [-0.25, -0.2) is 4.79 Å². The van der Waals surface area contributed by atoms with Crippen LogP contribution in [0.25, 0.3) is 0 Å². The third-order valence-electron chi connectivity index (χ3n) is 4.18. The lowest BCUT2D eigenvalue weighted by Crippen LogP contribution is -2.25. The van der Waals surface area contributed by atoms with Crippen molar-refractivity contribution in [2.45, 2.75) is 19.4 Å². The van der Waals surface area contributed by atoms with Crippen molar-refractivity contribution in [3.8, 4) is 5.75 Å². The predicted molar refractivity (Wildman–Crippen MR) is 93.2 cm³/mol. The number of benzene rings is 2. The second-order valence-corrected chi connectivity index (χ2v) is 5.98. The van der Waals surface area contributed by atoms with E-state index in [-0.39, 0.29) is 12.6 Å². The highest BCUT2D eigenvalue weighted by atomic mass is 16.5. The Morgan fingerprint density at radius 2 is 1.67 bits per heavy atom. The average Bonchev–Trinajstić information content (AvgIpc) is 3.15. The molecule has 0 bridgehead atoms. The number of carbonyl (C=O) groups is 1. The van der Waals surface area contributed by atoms with Crippen molar-refractivity contribution in [1.29, 1.82) is 0 Å². The average molecular weight is 325 g/mol. The van der Waals surface area contributed by atoms with E-state index in [9.17, 15) is 4.79 Å². The molecule has 0 saturated carbocycles. The molecule has 2 aromatic carbocycles. The molecule has 126 valence electrons. The van der Waals surface area contributed by atoms with Crippen LogP contribution in [0.15, 0.2) is 54.6 Å². The van der Waals surface area contributed by atoms with Gasteiger partial charge < -0.3 is 9.47 Å². The van der Waals surface area contributed by atoms with Gasteiger partial charge in [0.25, 0.3) is 0 Å². The van der Waals surface area contributed by atoms with E-state index in [4.69, 9.17) is 9.47 Å². The Morgan fingerprint density at radius 1 is 0.958 bits per heavy atom. The Labute approximate surface area is 143 Å². The summed E-state index contributed by atoms with van der Waals surface area (Å²) < 4.78 is 11.1. The number of esters is 1. The molecule has 2 aromatic rings. The van der Waals surface area contributed by atoms with Crippen LogP contribution in [0, 0.1) is 0 Å². The fourth-order valence-corrected chi connectivity index (χ4v) is 2.79. The van der Waals surface area contributed by atoms with Gasteiger partial charge in [-0.2, -0.15) is 0 Å². The first-order valence-electron chi connectivity index (χ1n) is 8.47. The summed E-state index contributed by atoms with van der Waals surface area (Å²) >= 11 is 0. The Hall–Kier alpha value is -2.33. The van der Waals surface area contributed by atoms with Crippen LogP contribution < -0.4 is 4.74 Å². The van der Waals surface area contributed by atoms with E-state index in [1.807, 2.05) is 42.5 Å². The van der Waals surface area contributed by atoms with Gasteiger partial charge in [-0.05, 0) is 55.8 Å². The molecule has 0 aromatic heterocycles. The lowest BCUT2D eigenvalue weighted by atomic mass is 10.2. The standard InChI is InChI=1S/C20H23NO3/c22-20(24-16-17-6-2-1-3-7-17)18-8-10-19(11-9-18)23-15-14-21-12-4-5-13-21/h1-3,6-11H,4-5,12-16H2. The zero-order valence-electron chi connectivity index (χ0n) is 13.8. The molecule has 0 amide bonds. The van der Waals surface area contributed by atoms with E-state index in [2.05, 4.69) is 4.90 Å². The summed E-state index contributed by atoms with van der Waals surface area (Å²) in [4.78, 5) is 14.5. The molecular formula is C20H23NO3. The minimum atomic E-state index is -0.317. The SMILES string of the molecule is O=C(OCc1ccccc1)c1ccc(OCCN2CCCC2)cc1. The highest BCUT2D eigenvalue weighted by Crippen LogP contribution is 2.14. The lowest BCUT2D eigenvalue weighted by molar-refractivity contribution is 0.0472. The third-order valence-corrected chi connectivity index (χ3v) is 4.18. The predicted octanol–water partition coefficient (Wildman–Crippen LogP) is 3.52. The fraction of sp³-hybridized carbons (Fsp3) is 0.350. The minimum Gasteiger partial charge on any atom is -0.492 e. The smallest absolute Gasteiger partial charge is 0.338 e. The molecule has 0 spiro atoms. The van der Waals surface area contributed by atoms with Gasteiger partial charge in [0.05, 0.1) is 5.56 Å². The largest absolute Gasteiger partial charge is 0.492 e. The number of likely N-dealkylation sites (tertiary alicyclic amines) is 1. The van der Waals surface area contributed by atoms with Crippen molar-refractivity contribution in [2.75, 3.05) is 26.2 Å². The van der Waals surface area contributed by atoms with Crippen molar-refractivity contribution in [3.05, 3.63) is 65.7 Å². The summed E-state index contributed by atoms with van der Waals surface area (Å²) in [7, 11) is 0. The number of carbonyl (C=O) groups excluding carboxylic acids is 1. The van der Waals surface area contributed by atoms with Crippen LogP contribution in [0.1, 0.15) is 28.8 Å². The Morgan fingerprint density at radius 3 is 2.38 bits per heavy atom. The lowest BCUT2D eigenvalue weighted by Gasteiger charge is -2.15. The maximum Gasteiger partial charge on any atom is 0.338 e. The van der Waals surface area contributed by atoms with Gasteiger partial charge in [-0.3, -0.25) is 4.90 Å². The third kappa shape index (κ3) is 4.83. The topological polar surface area (TPSA) is 38.8 Å². The summed E-state index contributed by atoms with van der Waals surface area (Å²) in [6.07, 6.45) is 2.58. The van der Waals surface area contributed by atoms with E-state index in [1.54, 1.807) is 12.1 Å². The van der Waals surface area contributed by atoms with Crippen LogP contribution in [0.3, 0.4) is 0 Å². The Bertz CT molecular complexity index is 634. The summed E-state index contributed by atoms with van der Waals surface area (Å²) in [6.45, 7) is 4.28. The van der Waals surface area contributed by atoms with E-state index in [0.717, 1.165) is 17.9 Å². The van der Waals surface area contributed by atoms with E-state index < -0.39 is 0 Å². The van der Waals surface area contributed by atoms with Crippen molar-refractivity contribution in [1.82, 2.24) is 4.90 Å². The van der Waals surface area contributed by atoms with Crippen LogP contribution >= 0.6 is 0 Å². The molecule has 0 unspecified atom stereocenters. The van der Waals surface area contributed by atoms with Gasteiger partial charge in [0.1, 0.15) is 19.0 Å². The zero-order valence-corrected chi connectivity index (χ0v) is 13.8. The maximum atomic E-state index is 12.0. The van der Waals surface area contributed by atoms with Crippen LogP contribution in [0.2, 0.25) is 0 Å². The van der Waals surface area contributed by atoms with Gasteiger partial charge >= 0.3 is 5.97 Å². The number of ether oxygens (including phenoxy) is 2. The van der Waals surface area contributed by atoms with E-state index in [0.29, 0.717) is 12.2 Å². The van der Waals surface area contributed by atoms with E-state index >= 15 is 0 Å². The van der Waals surface area contributed by atoms with Crippen molar-refractivity contribution < 1.29 is 14.3 Å². The second-order valence-electron chi connectivity index (χ2n) is 5.98. The first kappa shape index (κ1) is 16.5. The van der Waals surface area contributed by atoms with Crippen LogP contribution in [-0.4, -0.2) is 37.1 Å². The van der Waals surface area contributed by atoms with Crippen molar-refractivity contribution in [2.24, 2.45) is 0 Å². The van der Waals surface area contributed by atoms with Gasteiger partial charge in [0.2, 0.25) is 0 Å². The second kappa shape index (κ2) is 8.50. The normalized spacial score (nSPS) is 14.5.